The Hall–Kier alpha value is -8.85. The van der Waals surface area contributed by atoms with Crippen molar-refractivity contribution >= 4 is 40.9 Å². The second kappa shape index (κ2) is 22.3. The Balaban J connectivity index is 0.704. The largest absolute Gasteiger partial charge is 0.493 e. The molecule has 0 saturated carbocycles. The summed E-state index contributed by atoms with van der Waals surface area (Å²) in [5, 5.41) is 0.798. The summed E-state index contributed by atoms with van der Waals surface area (Å²) < 4.78 is 65.6. The average molecular weight is 1160 g/mol. The fourth-order valence-electron chi connectivity index (χ4n) is 13.8. The molecular formula is C64H64N4O17. The van der Waals surface area contributed by atoms with Crippen molar-refractivity contribution in [2.24, 2.45) is 11.8 Å². The van der Waals surface area contributed by atoms with Crippen molar-refractivity contribution in [2.75, 3.05) is 67.5 Å². The van der Waals surface area contributed by atoms with E-state index in [2.05, 4.69) is 4.90 Å². The highest BCUT2D eigenvalue weighted by molar-refractivity contribution is 5.92. The first-order valence-corrected chi connectivity index (χ1v) is 29.0. The van der Waals surface area contributed by atoms with Crippen molar-refractivity contribution in [3.63, 3.8) is 0 Å². The van der Waals surface area contributed by atoms with E-state index in [9.17, 15) is 28.8 Å². The third kappa shape index (κ3) is 9.55. The van der Waals surface area contributed by atoms with Crippen molar-refractivity contribution in [1.29, 1.82) is 0 Å². The zero-order valence-electron chi connectivity index (χ0n) is 47.9. The summed E-state index contributed by atoms with van der Waals surface area (Å²) >= 11 is 0. The number of pyridine rings is 2. The molecule has 6 aromatic rings. The Morgan fingerprint density at radius 3 is 2.18 bits per heavy atom. The van der Waals surface area contributed by atoms with E-state index in [4.69, 9.17) is 57.1 Å². The molecule has 3 saturated heterocycles. The number of ether oxygens (including phenoxy) is 11. The number of likely N-dealkylation sites (tertiary alicyclic amines) is 2. The van der Waals surface area contributed by atoms with E-state index in [-0.39, 0.29) is 61.5 Å². The molecule has 6 aliphatic heterocycles. The van der Waals surface area contributed by atoms with Crippen molar-refractivity contribution in [3.8, 4) is 51.6 Å². The first-order valence-electron chi connectivity index (χ1n) is 29.0. The van der Waals surface area contributed by atoms with Gasteiger partial charge >= 0.3 is 30.0 Å². The molecule has 0 N–H and O–H groups in total. The van der Waals surface area contributed by atoms with Crippen molar-refractivity contribution in [1.82, 2.24) is 19.4 Å². The number of rotatable bonds is 14. The minimum Gasteiger partial charge on any atom is -0.493 e. The van der Waals surface area contributed by atoms with Crippen molar-refractivity contribution in [3.05, 3.63) is 128 Å². The van der Waals surface area contributed by atoms with Gasteiger partial charge in [0.25, 0.3) is 5.56 Å². The van der Waals surface area contributed by atoms with E-state index in [1.54, 1.807) is 58.9 Å². The van der Waals surface area contributed by atoms with Gasteiger partial charge < -0.3 is 66.5 Å². The number of carbonyl (C=O) groups is 5. The lowest BCUT2D eigenvalue weighted by atomic mass is 9.66. The zero-order valence-corrected chi connectivity index (χ0v) is 47.9. The van der Waals surface area contributed by atoms with Crippen LogP contribution in [0.1, 0.15) is 114 Å². The Morgan fingerprint density at radius 2 is 1.48 bits per heavy atom. The monoisotopic (exact) mass is 1160 g/mol. The lowest BCUT2D eigenvalue weighted by Crippen LogP contribution is -2.48. The molecule has 0 bridgehead atoms. The smallest absolute Gasteiger partial charge is 0.415 e. The summed E-state index contributed by atoms with van der Waals surface area (Å²) in [6.45, 7) is 6.40. The molecule has 5 atom stereocenters. The van der Waals surface area contributed by atoms with Crippen LogP contribution in [0.3, 0.4) is 0 Å². The van der Waals surface area contributed by atoms with Crippen LogP contribution in [0.15, 0.2) is 77.6 Å². The summed E-state index contributed by atoms with van der Waals surface area (Å²) in [5.74, 6) is -2.25. The number of esters is 4. The molecule has 2 aromatic heterocycles. The Kier molecular flexibility index (Phi) is 14.5. The van der Waals surface area contributed by atoms with E-state index in [1.165, 1.54) is 64.9 Å². The van der Waals surface area contributed by atoms with Gasteiger partial charge in [0.05, 0.1) is 68.4 Å². The van der Waals surface area contributed by atoms with Crippen molar-refractivity contribution < 1.29 is 76.1 Å². The quantitative estimate of drug-likeness (QED) is 0.0736. The number of amides is 1. The fourth-order valence-corrected chi connectivity index (χ4v) is 13.8. The molecule has 4 aromatic carbocycles. The molecular weight excluding hydrogens is 1100 g/mol. The minimum absolute atomic E-state index is 0.0170. The second-order valence-corrected chi connectivity index (χ2v) is 22.4. The highest BCUT2D eigenvalue weighted by Gasteiger charge is 2.55. The molecule has 0 radical (unpaired) electrons. The second-order valence-electron chi connectivity index (χ2n) is 22.4. The third-order valence-electron chi connectivity index (χ3n) is 18.1. The van der Waals surface area contributed by atoms with Crippen LogP contribution in [-0.4, -0.2) is 123 Å². The van der Waals surface area contributed by atoms with E-state index >= 15 is 0 Å². The topological polar surface area (TPSA) is 228 Å². The summed E-state index contributed by atoms with van der Waals surface area (Å²) in [6.07, 6.45) is 4.77. The average Bonchev–Trinajstić information content (AvgIpc) is 2.90. The van der Waals surface area contributed by atoms with Gasteiger partial charge in [-0.1, -0.05) is 20.3 Å². The third-order valence-corrected chi connectivity index (χ3v) is 18.1. The molecule has 3 fully saturated rings. The number of methoxy groups -OCH3 is 3. The molecule has 0 spiro atoms. The van der Waals surface area contributed by atoms with Crippen LogP contribution in [0.2, 0.25) is 0 Å². The van der Waals surface area contributed by atoms with Crippen LogP contribution >= 0.6 is 0 Å². The first-order chi connectivity index (χ1) is 41.3. The molecule has 1 amide bonds. The molecule has 21 nitrogen and oxygen atoms in total. The summed E-state index contributed by atoms with van der Waals surface area (Å²) in [7, 11) is 4.52. The van der Waals surface area contributed by atoms with E-state index in [0.717, 1.165) is 42.4 Å². The maximum absolute atomic E-state index is 14.5. The van der Waals surface area contributed by atoms with Crippen LogP contribution in [0.5, 0.6) is 40.2 Å². The highest BCUT2D eigenvalue weighted by atomic mass is 16.7. The normalized spacial score (nSPS) is 22.0. The van der Waals surface area contributed by atoms with Gasteiger partial charge in [-0.3, -0.25) is 9.59 Å². The number of fused-ring (bicyclic) bond motifs is 8. The molecule has 13 rings (SSSR count). The predicted octanol–water partition coefficient (Wildman–Crippen LogP) is 8.31. The predicted molar refractivity (Wildman–Crippen MR) is 302 cm³/mol. The van der Waals surface area contributed by atoms with Gasteiger partial charge in [-0.05, 0) is 141 Å². The molecule has 8 heterocycles. The maximum atomic E-state index is 14.5. The molecule has 442 valence electrons. The van der Waals surface area contributed by atoms with Gasteiger partial charge in [-0.15, -0.1) is 0 Å². The van der Waals surface area contributed by atoms with Gasteiger partial charge in [-0.2, -0.15) is 0 Å². The fraction of sp³-hybridized carbons (Fsp3) is 0.422. The minimum atomic E-state index is -2.00. The van der Waals surface area contributed by atoms with Gasteiger partial charge in [0.1, 0.15) is 24.2 Å². The van der Waals surface area contributed by atoms with Gasteiger partial charge in [-0.25, -0.2) is 24.2 Å². The molecule has 21 heteroatoms. The van der Waals surface area contributed by atoms with Gasteiger partial charge in [0.2, 0.25) is 18.1 Å². The highest BCUT2D eigenvalue weighted by Crippen LogP contribution is 2.57. The maximum Gasteiger partial charge on any atom is 0.415 e. The lowest BCUT2D eigenvalue weighted by Gasteiger charge is -2.39. The SMILES string of the molecule is CCc1c2c(nc3ccc(OC(=O)N4CCC(N5CCCCC5)CC4)cc13)-c1cc3c(c(=O)n1C2)COC(=O)C3(CC)OC(=O)COc1ccc(C(=O)OC2c3cc4c(cc3[C@@H](c3cc(OC)c(OC)c(OC)c3)[C@H]3C(=O)OC[C@H]23)OCO4)cc1. The number of hydrogen-bond acceptors (Lipinski definition) is 19. The van der Waals surface area contributed by atoms with Crippen LogP contribution in [-0.2, 0) is 58.5 Å². The Morgan fingerprint density at radius 1 is 0.765 bits per heavy atom. The van der Waals surface area contributed by atoms with Gasteiger partial charge in [0.15, 0.2) is 29.6 Å². The van der Waals surface area contributed by atoms with Crippen LogP contribution < -0.4 is 38.7 Å². The number of piperidine rings is 2. The molecule has 2 unspecified atom stereocenters. The van der Waals surface area contributed by atoms with E-state index in [0.29, 0.717) is 93.6 Å². The standard InChI is InChI=1S/C64H64N4O17/c1-6-39-40-25-38(83-63(74)67-21-17-36(18-22-67)66-19-9-8-10-20-66)15-16-47(40)65-56-43(39)29-68-48(56)28-46-44(59(68)70)30-80-62(73)64(46,7-2)85-53(69)32-78-37-13-11-34(12-14-37)60(71)84-57-42-27-50-49(81-33-82-50)26-41(42)54(55-45(57)31-79-61(55)72)35-23-51(75-3)58(77-5)52(24-35)76-4/h11-16,23-28,36,45,54-55,57H,6-10,17-22,29-33H2,1-5H3/t45-,54+,55-,57?,64?/m0/s1. The Labute approximate surface area is 488 Å². The Bertz CT molecular complexity index is 3750. The number of cyclic esters (lactones) is 2. The van der Waals surface area contributed by atoms with Gasteiger partial charge in [0, 0.05) is 53.0 Å². The number of carbonyl (C=O) groups excluding carboxylic acids is 5. The van der Waals surface area contributed by atoms with Crippen molar-refractivity contribution in [2.45, 2.75) is 95.6 Å². The number of hydrogen-bond donors (Lipinski definition) is 0. The van der Waals surface area contributed by atoms with Crippen LogP contribution in [0, 0.1) is 11.8 Å². The first kappa shape index (κ1) is 55.3. The van der Waals surface area contributed by atoms with E-state index < -0.39 is 65.5 Å². The summed E-state index contributed by atoms with van der Waals surface area (Å²) in [6, 6.07) is 20.6. The summed E-state index contributed by atoms with van der Waals surface area (Å²) in [4.78, 5) is 93.1. The number of benzene rings is 4. The molecule has 85 heavy (non-hydrogen) atoms. The van der Waals surface area contributed by atoms with Crippen LogP contribution in [0.4, 0.5) is 4.79 Å². The number of aryl methyl sites for hydroxylation is 1. The zero-order chi connectivity index (χ0) is 58.8. The summed E-state index contributed by atoms with van der Waals surface area (Å²) in [5.41, 5.74) is 3.46. The molecule has 7 aliphatic rings. The van der Waals surface area contributed by atoms with E-state index in [1.807, 2.05) is 13.0 Å². The lowest BCUT2D eigenvalue weighted by molar-refractivity contribution is -0.190. The number of nitrogens with zero attached hydrogens (tertiary/aromatic N) is 4. The van der Waals surface area contributed by atoms with Crippen LogP contribution in [0.25, 0.3) is 22.3 Å². The number of aromatic nitrogens is 2. The molecule has 1 aliphatic carbocycles.